The van der Waals surface area contributed by atoms with Crippen LogP contribution >= 0.6 is 11.6 Å². The molecule has 2 heterocycles. The Labute approximate surface area is 200 Å². The Balaban J connectivity index is 1.44. The Hall–Kier alpha value is -2.78. The second-order valence-electron chi connectivity index (χ2n) is 9.29. The zero-order valence-electron chi connectivity index (χ0n) is 18.8. The van der Waals surface area contributed by atoms with Gasteiger partial charge in [-0.1, -0.05) is 37.6 Å². The average Bonchev–Trinajstić information content (AvgIpc) is 3.26. The molecule has 0 aliphatic carbocycles. The lowest BCUT2D eigenvalue weighted by Crippen LogP contribution is -2.45. The average molecular weight is 495 g/mol. The van der Waals surface area contributed by atoms with Crippen LogP contribution in [0.2, 0.25) is 5.02 Å². The Morgan fingerprint density at radius 1 is 1.24 bits per heavy atom. The van der Waals surface area contributed by atoms with Crippen molar-refractivity contribution in [3.8, 4) is 0 Å². The molecule has 4 rings (SSSR count). The maximum absolute atomic E-state index is 13.2. The zero-order valence-corrected chi connectivity index (χ0v) is 19.5. The van der Waals surface area contributed by atoms with E-state index in [2.05, 4.69) is 15.5 Å². The second-order valence-corrected chi connectivity index (χ2v) is 9.72. The third-order valence-corrected chi connectivity index (χ3v) is 7.07. The first-order valence-electron chi connectivity index (χ1n) is 11.0. The molecule has 1 aliphatic rings. The molecule has 34 heavy (non-hydrogen) atoms. The topological polar surface area (TPSA) is 81.2 Å². The van der Waals surface area contributed by atoms with Crippen molar-refractivity contribution in [1.82, 2.24) is 15.1 Å². The lowest BCUT2D eigenvalue weighted by Gasteiger charge is -2.43. The Kier molecular flexibility index (Phi) is 6.52. The number of para-hydroxylation sites is 1. The summed E-state index contributed by atoms with van der Waals surface area (Å²) in [4.78, 5) is 14.2. The number of alkyl halides is 3. The van der Waals surface area contributed by atoms with Crippen molar-refractivity contribution in [2.45, 2.75) is 39.0 Å². The fourth-order valence-corrected chi connectivity index (χ4v) is 4.98. The quantitative estimate of drug-likeness (QED) is 0.401. The maximum Gasteiger partial charge on any atom is 0.418 e. The van der Waals surface area contributed by atoms with E-state index >= 15 is 0 Å². The predicted molar refractivity (Wildman–Crippen MR) is 125 cm³/mol. The first-order valence-corrected chi connectivity index (χ1v) is 11.4. The number of aromatic amines is 1. The molecule has 0 saturated carbocycles. The molecular weight excluding hydrogens is 469 g/mol. The maximum atomic E-state index is 13.2. The molecule has 1 aromatic heterocycles. The highest BCUT2D eigenvalue weighted by atomic mass is 35.5. The smallest absolute Gasteiger partial charge is 0.388 e. The number of amides is 2. The summed E-state index contributed by atoms with van der Waals surface area (Å²) in [6.07, 6.45) is -2.54. The number of anilines is 1. The van der Waals surface area contributed by atoms with Gasteiger partial charge in [-0.25, -0.2) is 4.79 Å². The number of H-pyrrole nitrogens is 1. The highest BCUT2D eigenvalue weighted by Crippen LogP contribution is 2.46. The molecule has 3 aromatic rings. The first kappa shape index (κ1) is 24.3. The molecule has 0 spiro atoms. The molecule has 182 valence electrons. The number of rotatable bonds is 4. The normalized spacial score (nSPS) is 16.6. The zero-order chi connectivity index (χ0) is 24.7. The van der Waals surface area contributed by atoms with E-state index in [1.807, 2.05) is 13.8 Å². The lowest BCUT2D eigenvalue weighted by atomic mass is 9.68. The lowest BCUT2D eigenvalue weighted by molar-refractivity contribution is -0.136. The van der Waals surface area contributed by atoms with E-state index in [0.29, 0.717) is 36.5 Å². The summed E-state index contributed by atoms with van der Waals surface area (Å²) in [7, 11) is 0. The summed E-state index contributed by atoms with van der Waals surface area (Å²) in [5, 5.41) is 22.0. The monoisotopic (exact) mass is 494 g/mol. The van der Waals surface area contributed by atoms with Gasteiger partial charge in [0.2, 0.25) is 0 Å². The molecule has 2 amide bonds. The van der Waals surface area contributed by atoms with Gasteiger partial charge in [0.25, 0.3) is 0 Å². The number of carbonyl (C=O) groups is 1. The number of benzene rings is 2. The standard InChI is InChI=1S/C24H26ClF3N4O2/c1-23(2,21(33)17-12-16(25)11-14-13-29-31-20(14)17)15-7-9-32(10-8-15)22(34)30-19-6-4-3-5-18(19)24(26,27)28/h3-6,11-13,15,21,33H,7-10H2,1-2H3,(H,29,31)(H,30,34)/t21-/m0/s1. The summed E-state index contributed by atoms with van der Waals surface area (Å²) in [5.41, 5.74) is -0.302. The van der Waals surface area contributed by atoms with Crippen molar-refractivity contribution in [2.24, 2.45) is 11.3 Å². The van der Waals surface area contributed by atoms with Gasteiger partial charge in [0, 0.05) is 29.1 Å². The van der Waals surface area contributed by atoms with Crippen LogP contribution in [0.25, 0.3) is 10.9 Å². The number of hydrogen-bond donors (Lipinski definition) is 3. The van der Waals surface area contributed by atoms with E-state index in [1.54, 1.807) is 18.3 Å². The van der Waals surface area contributed by atoms with E-state index in [-0.39, 0.29) is 11.6 Å². The van der Waals surface area contributed by atoms with Crippen LogP contribution in [0.5, 0.6) is 0 Å². The first-order chi connectivity index (χ1) is 16.0. The van der Waals surface area contributed by atoms with Gasteiger partial charge in [0.05, 0.1) is 29.1 Å². The number of piperidine rings is 1. The van der Waals surface area contributed by atoms with Crippen LogP contribution in [-0.4, -0.2) is 39.3 Å². The summed E-state index contributed by atoms with van der Waals surface area (Å²) in [6.45, 7) is 4.69. The molecule has 1 atom stereocenters. The van der Waals surface area contributed by atoms with Crippen molar-refractivity contribution in [3.63, 3.8) is 0 Å². The van der Waals surface area contributed by atoms with E-state index in [4.69, 9.17) is 11.6 Å². The molecule has 1 saturated heterocycles. The predicted octanol–water partition coefficient (Wildman–Crippen LogP) is 6.24. The van der Waals surface area contributed by atoms with E-state index in [9.17, 15) is 23.1 Å². The van der Waals surface area contributed by atoms with Crippen LogP contribution in [0.1, 0.15) is 43.9 Å². The summed E-state index contributed by atoms with van der Waals surface area (Å²) in [6, 6.07) is 7.86. The van der Waals surface area contributed by atoms with Crippen LogP contribution in [0.15, 0.2) is 42.6 Å². The van der Waals surface area contributed by atoms with Gasteiger partial charge in [-0.15, -0.1) is 0 Å². The molecule has 0 radical (unpaired) electrons. The van der Waals surface area contributed by atoms with Gasteiger partial charge in [0.15, 0.2) is 0 Å². The van der Waals surface area contributed by atoms with E-state index in [0.717, 1.165) is 17.0 Å². The number of halogens is 4. The van der Waals surface area contributed by atoms with Gasteiger partial charge in [-0.3, -0.25) is 5.10 Å². The number of aliphatic hydroxyl groups is 1. The van der Waals surface area contributed by atoms with Gasteiger partial charge < -0.3 is 15.3 Å². The number of aliphatic hydroxyl groups excluding tert-OH is 1. The van der Waals surface area contributed by atoms with Crippen molar-refractivity contribution >= 4 is 34.2 Å². The Morgan fingerprint density at radius 3 is 2.59 bits per heavy atom. The highest BCUT2D eigenvalue weighted by Gasteiger charge is 2.41. The molecule has 3 N–H and O–H groups in total. The number of hydrogen-bond acceptors (Lipinski definition) is 3. The third kappa shape index (κ3) is 4.72. The minimum absolute atomic E-state index is 0.0750. The summed E-state index contributed by atoms with van der Waals surface area (Å²) < 4.78 is 39.7. The van der Waals surface area contributed by atoms with Gasteiger partial charge in [0.1, 0.15) is 0 Å². The summed E-state index contributed by atoms with van der Waals surface area (Å²) in [5.74, 6) is 0.0750. The number of fused-ring (bicyclic) bond motifs is 1. The van der Waals surface area contributed by atoms with Gasteiger partial charge >= 0.3 is 12.2 Å². The number of urea groups is 1. The molecule has 2 aromatic carbocycles. The molecule has 6 nitrogen and oxygen atoms in total. The van der Waals surface area contributed by atoms with Crippen LogP contribution < -0.4 is 5.32 Å². The largest absolute Gasteiger partial charge is 0.418 e. The number of nitrogens with one attached hydrogen (secondary N) is 2. The molecule has 1 aliphatic heterocycles. The number of aromatic nitrogens is 2. The van der Waals surface area contributed by atoms with Crippen molar-refractivity contribution in [1.29, 1.82) is 0 Å². The van der Waals surface area contributed by atoms with Gasteiger partial charge in [-0.05, 0) is 48.4 Å². The summed E-state index contributed by atoms with van der Waals surface area (Å²) >= 11 is 6.25. The molecule has 0 unspecified atom stereocenters. The van der Waals surface area contributed by atoms with E-state index in [1.165, 1.54) is 23.1 Å². The van der Waals surface area contributed by atoms with Crippen molar-refractivity contribution < 1.29 is 23.1 Å². The SMILES string of the molecule is CC(C)(C1CCN(C(=O)Nc2ccccc2C(F)(F)F)CC1)[C@@H](O)c1cc(Cl)cc2cn[nH]c12. The van der Waals surface area contributed by atoms with Crippen LogP contribution in [-0.2, 0) is 6.18 Å². The highest BCUT2D eigenvalue weighted by molar-refractivity contribution is 6.31. The van der Waals surface area contributed by atoms with Crippen molar-refractivity contribution in [3.05, 3.63) is 58.7 Å². The van der Waals surface area contributed by atoms with Crippen LogP contribution in [0.3, 0.4) is 0 Å². The number of likely N-dealkylation sites (tertiary alicyclic amines) is 1. The Bertz CT molecular complexity index is 1190. The third-order valence-electron chi connectivity index (χ3n) is 6.85. The van der Waals surface area contributed by atoms with Crippen LogP contribution in [0.4, 0.5) is 23.7 Å². The molecular formula is C24H26ClF3N4O2. The fourth-order valence-electron chi connectivity index (χ4n) is 4.75. The molecule has 0 bridgehead atoms. The minimum Gasteiger partial charge on any atom is -0.388 e. The fraction of sp³-hybridized carbons (Fsp3) is 0.417. The molecule has 10 heteroatoms. The van der Waals surface area contributed by atoms with Gasteiger partial charge in [-0.2, -0.15) is 18.3 Å². The minimum atomic E-state index is -4.56. The van der Waals surface area contributed by atoms with E-state index < -0.39 is 29.3 Å². The van der Waals surface area contributed by atoms with Crippen molar-refractivity contribution in [2.75, 3.05) is 18.4 Å². The number of nitrogens with zero attached hydrogens (tertiary/aromatic N) is 2. The Morgan fingerprint density at radius 2 is 1.91 bits per heavy atom. The second kappa shape index (κ2) is 9.11. The van der Waals surface area contributed by atoms with Crippen LogP contribution in [0, 0.1) is 11.3 Å². The number of carbonyl (C=O) groups excluding carboxylic acids is 1. The molecule has 1 fully saturated rings.